The van der Waals surface area contributed by atoms with Crippen LogP contribution in [0.4, 0.5) is 39.8 Å². The molecule has 7 aromatic carbocycles. The van der Waals surface area contributed by atoms with Crippen molar-refractivity contribution in [3.63, 3.8) is 0 Å². The summed E-state index contributed by atoms with van der Waals surface area (Å²) in [5.41, 5.74) is 24.1. The van der Waals surface area contributed by atoms with Crippen LogP contribution < -0.4 is 42.8 Å². The van der Waals surface area contributed by atoms with Gasteiger partial charge in [0.1, 0.15) is 36.2 Å². The molecule has 0 aromatic heterocycles. The first-order valence-corrected chi connectivity index (χ1v) is 70.2. The van der Waals surface area contributed by atoms with E-state index in [0.29, 0.717) is 155 Å². The van der Waals surface area contributed by atoms with E-state index in [1.807, 2.05) is 0 Å². The minimum atomic E-state index is -1.45. The van der Waals surface area contributed by atoms with Crippen molar-refractivity contribution in [2.45, 2.75) is 225 Å². The minimum Gasteiger partial charge on any atom is -0.497 e. The maximum absolute atomic E-state index is 5.53. The van der Waals surface area contributed by atoms with Gasteiger partial charge in [-0.2, -0.15) is 0 Å². The number of fused-ring (bicyclic) bond motifs is 35. The molecule has 9 nitrogen and oxygen atoms in total. The molecule has 7 aliphatic heterocycles. The number of benzene rings is 7. The average molecular weight is 2000 g/mol. The lowest BCUT2D eigenvalue weighted by Gasteiger charge is -2.41. The summed E-state index contributed by atoms with van der Waals surface area (Å²) in [4.78, 5) is 10.3. The van der Waals surface area contributed by atoms with E-state index < -0.39 is 32.8 Å². The van der Waals surface area contributed by atoms with Crippen LogP contribution in [0, 0.1) is 138 Å². The van der Waals surface area contributed by atoms with E-state index in [-0.39, 0.29) is 0 Å². The summed E-state index contributed by atoms with van der Waals surface area (Å²) >= 11 is 0. The van der Waals surface area contributed by atoms with E-state index in [9.17, 15) is 0 Å². The van der Waals surface area contributed by atoms with Crippen molar-refractivity contribution in [3.8, 4) is 11.5 Å². The van der Waals surface area contributed by atoms with Crippen LogP contribution in [0.15, 0.2) is 316 Å². The number of ether oxygens (including phenoxy) is 2. The number of aryl methyl sites for hydroxylation is 2. The fraction of sp³-hybridized carbons (Fsp3) is 0.470. The van der Waals surface area contributed by atoms with E-state index in [1.54, 1.807) is 42.0 Å². The molecule has 0 N–H and O–H groups in total. The number of anilines is 7. The summed E-state index contributed by atoms with van der Waals surface area (Å²) in [6, 6.07) is 59.4. The molecule has 0 bridgehead atoms. The van der Waals surface area contributed by atoms with Crippen molar-refractivity contribution < 1.29 is 9.47 Å². The van der Waals surface area contributed by atoms with Crippen LogP contribution in [-0.2, 0) is 0 Å². The molecule has 758 valence electrons. The molecule has 35 atom stereocenters. The Morgan fingerprint density at radius 2 is 0.441 bits per heavy atom. The van der Waals surface area contributed by atoms with Crippen LogP contribution in [0.3, 0.4) is 0 Å². The molecule has 7 aromatic rings. The summed E-state index contributed by atoms with van der Waals surface area (Å²) in [7, 11) is 4.95. The maximum atomic E-state index is 5.53. The Hall–Kier alpha value is -10.0. The number of methoxy groups -OCH3 is 2. The van der Waals surface area contributed by atoms with Crippen molar-refractivity contribution >= 4 is 72.6 Å². The maximum Gasteiger partial charge on any atom is 0.147 e. The molecule has 28 rings (SSSR count). The van der Waals surface area contributed by atoms with Gasteiger partial charge >= 0.3 is 0 Å². The van der Waals surface area contributed by atoms with Crippen molar-refractivity contribution in [1.29, 1.82) is 0 Å². The molecule has 7 heterocycles. The molecule has 0 amide bonds. The minimum absolute atomic E-state index is 0.603. The summed E-state index contributed by atoms with van der Waals surface area (Å²) in [6.45, 7) is 51.5. The van der Waals surface area contributed by atoms with E-state index in [1.165, 1.54) is 68.2 Å². The van der Waals surface area contributed by atoms with Crippen molar-refractivity contribution in [2.75, 3.05) is 74.8 Å². The van der Waals surface area contributed by atoms with Gasteiger partial charge in [-0.05, 0) is 244 Å². The van der Waals surface area contributed by atoms with E-state index in [0.717, 1.165) is 64.8 Å². The highest BCUT2D eigenvalue weighted by atomic mass is 28.3. The highest BCUT2D eigenvalue weighted by Gasteiger charge is 2.63. The molecule has 0 spiro atoms. The number of hydrogen-bond acceptors (Lipinski definition) is 9. The predicted octanol–water partition coefficient (Wildman–Crippen LogP) is 30.7. The Labute approximate surface area is 876 Å². The Morgan fingerprint density at radius 3 is 0.772 bits per heavy atom. The van der Waals surface area contributed by atoms with Gasteiger partial charge in [0.25, 0.3) is 0 Å². The van der Waals surface area contributed by atoms with Gasteiger partial charge in [0.15, 0.2) is 0 Å². The van der Waals surface area contributed by atoms with Crippen LogP contribution in [0.1, 0.15) is 140 Å². The molecule has 35 unspecified atom stereocenters. The van der Waals surface area contributed by atoms with Gasteiger partial charge in [-0.3, -0.25) is 0 Å². The van der Waals surface area contributed by atoms with Gasteiger partial charge in [-0.1, -0.05) is 387 Å². The number of para-hydroxylation sites is 3. The molecule has 13 heteroatoms. The molecule has 7 saturated carbocycles. The van der Waals surface area contributed by atoms with E-state index >= 15 is 0 Å². The highest BCUT2D eigenvalue weighted by Crippen LogP contribution is 2.67. The Balaban J connectivity index is 0.0000000965. The van der Waals surface area contributed by atoms with E-state index in [2.05, 4.69) is 511 Å². The fourth-order valence-electron chi connectivity index (χ4n) is 34.5. The van der Waals surface area contributed by atoms with Gasteiger partial charge in [0.05, 0.1) is 22.3 Å². The average Bonchev–Trinajstić information content (AvgIpc) is 1.59. The second-order valence-corrected chi connectivity index (χ2v) is 71.8. The first kappa shape index (κ1) is 99.6. The Bertz CT molecular complexity index is 6530. The summed E-state index contributed by atoms with van der Waals surface area (Å²) in [6.07, 6.45) is 66.9. The molecule has 21 aliphatic rings. The monoisotopic (exact) mass is 1990 g/mol. The Morgan fingerprint density at radius 1 is 0.228 bits per heavy atom. The standard InChI is InChI=1S/C20H27NOSi.2C20H27NSi.C19H25NSi.C18H21NO.C18H21N.C17H19N/c1-13-15-8-6-7-9-16(15)19-17-12-14(22-2)10-11-18(17)21(20(13)19)23(3,4)5;1-13-10-11-18-17(12-13)19-16-9-7-6-8-15(16)14(2)20(19)21(18)22(3,4)5;1-14-15-9-5-6-10-16(15)19-17-11-7-8-12-18(17)21(20(14)19)13-22(2,3)4;1-13-14-9-5-6-10-15(14)18-16-11-7-8-12-17(16)20(19(13)18)21(2,3)4;1-11-13-6-4-5-7-14(13)17-15-10-12(20-3)8-9-16(15)19(2)18(11)17;1-11-8-9-16-15(10-11)17-14-7-5-4-6-13(14)12(2)18(17)19(16)3;1-11-12-7-3-4-8-13(12)16-14-9-5-6-10-15(14)18(2)17(11)16/h6-13,15-16,19-20H,1-5H3;6-12,14-16,19-20H,1-5H3;5-12,14-16,19-20H,13H2,1-4H3;5-15,18-19H,1-4H3;4-11,13-14,17-18H,1-3H3;4-10,12-14,17-18H,1-3H3;3-13,16-17H,1-2H3. The number of hydrogen-bond donors (Lipinski definition) is 0. The molecular weight excluding hydrogens is 1830 g/mol. The third-order valence-electron chi connectivity index (χ3n) is 39.9. The van der Waals surface area contributed by atoms with Crippen molar-refractivity contribution in [1.82, 2.24) is 0 Å². The summed E-state index contributed by atoms with van der Waals surface area (Å²) in [5, 5.41) is 0. The molecule has 7 fully saturated rings. The van der Waals surface area contributed by atoms with Gasteiger partial charge < -0.3 is 42.8 Å². The molecule has 0 saturated heterocycles. The van der Waals surface area contributed by atoms with Gasteiger partial charge in [0.2, 0.25) is 0 Å². The molecular formula is C132H167N7O2Si4. The number of nitrogens with zero attached hydrogens (tertiary/aromatic N) is 7. The van der Waals surface area contributed by atoms with Crippen LogP contribution in [-0.4, -0.2) is 117 Å². The molecule has 14 aliphatic carbocycles. The highest BCUT2D eigenvalue weighted by molar-refractivity contribution is 6.81. The van der Waals surface area contributed by atoms with Gasteiger partial charge in [-0.15, -0.1) is 0 Å². The first-order valence-electron chi connectivity index (χ1n) is 56.1. The van der Waals surface area contributed by atoms with Crippen LogP contribution in [0.2, 0.25) is 78.6 Å². The third-order valence-corrected chi connectivity index (χ3v) is 47.1. The van der Waals surface area contributed by atoms with Gasteiger partial charge in [-0.25, -0.2) is 0 Å². The lowest BCUT2D eigenvalue weighted by molar-refractivity contribution is 0.412. The topological polar surface area (TPSA) is 41.1 Å². The number of allylic oxidation sites excluding steroid dienone is 28. The molecule has 0 radical (unpaired) electrons. The predicted molar refractivity (Wildman–Crippen MR) is 628 cm³/mol. The van der Waals surface area contributed by atoms with Crippen LogP contribution in [0.25, 0.3) is 0 Å². The zero-order valence-corrected chi connectivity index (χ0v) is 95.9. The largest absolute Gasteiger partial charge is 0.497 e. The molecule has 145 heavy (non-hydrogen) atoms. The van der Waals surface area contributed by atoms with E-state index in [4.69, 9.17) is 9.47 Å². The Kier molecular flexibility index (Phi) is 26.2. The number of rotatable bonds is 7. The first-order chi connectivity index (χ1) is 69.5. The second-order valence-electron chi connectivity index (χ2n) is 51.9. The number of likely N-dealkylation sites (N-methyl/N-ethyl adjacent to an activating group) is 3. The second kappa shape index (κ2) is 38.2. The fourth-order valence-corrected chi connectivity index (χ4v) is 42.6. The smallest absolute Gasteiger partial charge is 0.147 e. The lowest BCUT2D eigenvalue weighted by atomic mass is 9.81. The lowest BCUT2D eigenvalue weighted by Crippen LogP contribution is -2.52. The van der Waals surface area contributed by atoms with Crippen molar-refractivity contribution in [2.24, 2.45) is 124 Å². The summed E-state index contributed by atoms with van der Waals surface area (Å²) in [5.74, 6) is 21.3. The van der Waals surface area contributed by atoms with Crippen LogP contribution >= 0.6 is 0 Å². The normalized spacial score (nSPS) is 36.5. The quantitative estimate of drug-likeness (QED) is 0.145. The SMILES string of the molecule is CC1C2C=CC=CC2C2c3ccccc3N(C)C12.CC1C2C=CC=CC2C2c3ccccc3N(C[Si](C)(C)C)C12.CC1C2C=CC=CC2C2c3ccccc3N([Si](C)(C)C)C12.COc1ccc2c(c1)C1C3C=CC=CC3C(C)C1N2C.COc1ccc2c(c1)C1C3C=CC=CC3C(C)C1N2[Si](C)(C)C.Cc1ccc2c(c1)C1C3C=CC=CC3C(C)C1N2C.Cc1ccc2c(c1)C1C3C=CC=CC3C(C)C1N2[Si](C)(C)C. The van der Waals surface area contributed by atoms with Gasteiger partial charge in [0, 0.05) is 151 Å². The zero-order valence-electron chi connectivity index (χ0n) is 91.9. The van der Waals surface area contributed by atoms with Crippen LogP contribution in [0.5, 0.6) is 11.5 Å². The summed E-state index contributed by atoms with van der Waals surface area (Å²) < 4.78 is 19.5. The van der Waals surface area contributed by atoms with Crippen molar-refractivity contribution in [3.05, 3.63) is 366 Å². The zero-order chi connectivity index (χ0) is 102. The third kappa shape index (κ3) is 16.6.